The fourth-order valence-electron chi connectivity index (χ4n) is 2.21. The molecule has 0 radical (unpaired) electrons. The molecular weight excluding hydrogens is 282 g/mol. The second-order valence-corrected chi connectivity index (χ2v) is 4.58. The molecule has 1 saturated heterocycles. The van der Waals surface area contributed by atoms with Crippen LogP contribution in [0, 0.1) is 0 Å². The molecule has 0 saturated carbocycles. The van der Waals surface area contributed by atoms with E-state index in [0.717, 1.165) is 18.4 Å². The number of benzene rings is 1. The molecule has 0 aromatic heterocycles. The van der Waals surface area contributed by atoms with E-state index < -0.39 is 18.1 Å². The molecule has 5 nitrogen and oxygen atoms in total. The van der Waals surface area contributed by atoms with Gasteiger partial charge in [0.25, 0.3) is 0 Å². The van der Waals surface area contributed by atoms with Crippen molar-refractivity contribution in [3.8, 4) is 0 Å². The van der Waals surface area contributed by atoms with Crippen molar-refractivity contribution >= 4 is 24.5 Å². The lowest BCUT2D eigenvalue weighted by Gasteiger charge is -2.31. The predicted octanol–water partition coefficient (Wildman–Crippen LogP) is 2.68. The topological polar surface area (TPSA) is 66.8 Å². The average Bonchev–Trinajstić information content (AvgIpc) is 2.46. The summed E-state index contributed by atoms with van der Waals surface area (Å²) < 4.78 is 5.17. The van der Waals surface area contributed by atoms with E-state index in [-0.39, 0.29) is 19.0 Å². The Hall–Kier alpha value is -1.75. The summed E-state index contributed by atoms with van der Waals surface area (Å²) in [5.74, 6) is -0.962. The minimum atomic E-state index is -0.962. The van der Waals surface area contributed by atoms with Gasteiger partial charge >= 0.3 is 12.1 Å². The van der Waals surface area contributed by atoms with E-state index in [9.17, 15) is 9.59 Å². The summed E-state index contributed by atoms with van der Waals surface area (Å²) in [5.41, 5.74) is 0.889. The summed E-state index contributed by atoms with van der Waals surface area (Å²) in [6.45, 7) is 0.618. The molecule has 1 N–H and O–H groups in total. The number of aliphatic carboxylic acids is 1. The van der Waals surface area contributed by atoms with Gasteiger partial charge in [0.05, 0.1) is 0 Å². The van der Waals surface area contributed by atoms with E-state index in [1.54, 1.807) is 0 Å². The van der Waals surface area contributed by atoms with Gasteiger partial charge in [-0.25, -0.2) is 9.59 Å². The van der Waals surface area contributed by atoms with Gasteiger partial charge in [-0.15, -0.1) is 12.4 Å². The highest BCUT2D eigenvalue weighted by molar-refractivity contribution is 5.85. The molecule has 1 aliphatic rings. The Balaban J connectivity index is 0.00000200. The third-order valence-corrected chi connectivity index (χ3v) is 3.23. The number of carbonyl (C=O) groups excluding carboxylic acids is 1. The molecule has 0 aliphatic carbocycles. The lowest BCUT2D eigenvalue weighted by atomic mass is 10.0. The number of carbonyl (C=O) groups is 2. The van der Waals surface area contributed by atoms with Crippen LogP contribution in [0.15, 0.2) is 30.3 Å². The molecule has 1 aromatic rings. The van der Waals surface area contributed by atoms with Crippen LogP contribution in [0.2, 0.25) is 0 Å². The fraction of sp³-hybridized carbons (Fsp3) is 0.429. The largest absolute Gasteiger partial charge is 0.480 e. The van der Waals surface area contributed by atoms with Crippen LogP contribution in [-0.2, 0) is 16.1 Å². The van der Waals surface area contributed by atoms with Crippen molar-refractivity contribution in [3.63, 3.8) is 0 Å². The number of nitrogens with zero attached hydrogens (tertiary/aromatic N) is 1. The van der Waals surface area contributed by atoms with Gasteiger partial charge in [0.15, 0.2) is 0 Å². The number of rotatable bonds is 3. The third kappa shape index (κ3) is 4.13. The van der Waals surface area contributed by atoms with Crippen molar-refractivity contribution in [2.24, 2.45) is 0 Å². The van der Waals surface area contributed by atoms with Crippen LogP contribution in [0.4, 0.5) is 4.79 Å². The molecule has 0 bridgehead atoms. The van der Waals surface area contributed by atoms with Crippen molar-refractivity contribution in [3.05, 3.63) is 35.9 Å². The fourth-order valence-corrected chi connectivity index (χ4v) is 2.21. The molecule has 2 rings (SSSR count). The lowest BCUT2D eigenvalue weighted by molar-refractivity contribution is -0.143. The molecule has 1 heterocycles. The SMILES string of the molecule is Cl.O=C(O)C1CCCCN1C(=O)OCc1ccccc1. The number of hydrogen-bond donors (Lipinski definition) is 1. The van der Waals surface area contributed by atoms with Crippen molar-refractivity contribution in [1.29, 1.82) is 0 Å². The van der Waals surface area contributed by atoms with E-state index >= 15 is 0 Å². The zero-order valence-corrected chi connectivity index (χ0v) is 11.8. The highest BCUT2D eigenvalue weighted by atomic mass is 35.5. The third-order valence-electron chi connectivity index (χ3n) is 3.23. The maximum Gasteiger partial charge on any atom is 0.410 e. The van der Waals surface area contributed by atoms with Crippen LogP contribution in [0.3, 0.4) is 0 Å². The summed E-state index contributed by atoms with van der Waals surface area (Å²) in [7, 11) is 0. The van der Waals surface area contributed by atoms with E-state index in [1.165, 1.54) is 4.90 Å². The number of amides is 1. The second kappa shape index (κ2) is 7.75. The van der Waals surface area contributed by atoms with Crippen molar-refractivity contribution in [2.45, 2.75) is 31.9 Å². The first-order valence-electron chi connectivity index (χ1n) is 6.38. The molecule has 1 aliphatic heterocycles. The number of halogens is 1. The lowest BCUT2D eigenvalue weighted by Crippen LogP contribution is -2.48. The molecule has 110 valence electrons. The van der Waals surface area contributed by atoms with E-state index in [0.29, 0.717) is 13.0 Å². The molecule has 1 fully saturated rings. The molecule has 6 heteroatoms. The van der Waals surface area contributed by atoms with Gasteiger partial charge in [0.2, 0.25) is 0 Å². The number of ether oxygens (including phenoxy) is 1. The van der Waals surface area contributed by atoms with Crippen LogP contribution >= 0.6 is 12.4 Å². The van der Waals surface area contributed by atoms with Crippen LogP contribution in [0.1, 0.15) is 24.8 Å². The summed E-state index contributed by atoms with van der Waals surface area (Å²) in [6, 6.07) is 8.58. The Morgan fingerprint density at radius 1 is 1.25 bits per heavy atom. The van der Waals surface area contributed by atoms with Crippen LogP contribution in [-0.4, -0.2) is 34.7 Å². The molecular formula is C14H18ClNO4. The van der Waals surface area contributed by atoms with Gasteiger partial charge in [0.1, 0.15) is 12.6 Å². The summed E-state index contributed by atoms with van der Waals surface area (Å²) in [4.78, 5) is 24.3. The number of carboxylic acids is 1. The zero-order valence-electron chi connectivity index (χ0n) is 11.0. The zero-order chi connectivity index (χ0) is 13.7. The highest BCUT2D eigenvalue weighted by Gasteiger charge is 2.32. The summed E-state index contributed by atoms with van der Waals surface area (Å²) >= 11 is 0. The number of piperidine rings is 1. The van der Waals surface area contributed by atoms with Gasteiger partial charge in [-0.1, -0.05) is 30.3 Å². The Kier molecular flexibility index (Phi) is 6.31. The van der Waals surface area contributed by atoms with Crippen LogP contribution in [0.25, 0.3) is 0 Å². The molecule has 1 aromatic carbocycles. The molecule has 1 amide bonds. The maximum absolute atomic E-state index is 11.9. The average molecular weight is 300 g/mol. The van der Waals surface area contributed by atoms with Gasteiger partial charge in [0, 0.05) is 6.54 Å². The maximum atomic E-state index is 11.9. The Morgan fingerprint density at radius 2 is 1.95 bits per heavy atom. The van der Waals surface area contributed by atoms with Crippen molar-refractivity contribution < 1.29 is 19.4 Å². The van der Waals surface area contributed by atoms with Crippen LogP contribution in [0.5, 0.6) is 0 Å². The minimum Gasteiger partial charge on any atom is -0.480 e. The molecule has 0 spiro atoms. The highest BCUT2D eigenvalue weighted by Crippen LogP contribution is 2.18. The summed E-state index contributed by atoms with van der Waals surface area (Å²) in [6.07, 6.45) is 1.61. The van der Waals surface area contributed by atoms with E-state index in [2.05, 4.69) is 0 Å². The minimum absolute atomic E-state index is 0. The molecule has 1 unspecified atom stereocenters. The number of hydrogen-bond acceptors (Lipinski definition) is 3. The van der Waals surface area contributed by atoms with Gasteiger partial charge < -0.3 is 9.84 Å². The Labute approximate surface area is 123 Å². The first-order chi connectivity index (χ1) is 9.18. The van der Waals surface area contributed by atoms with Gasteiger partial charge in [-0.3, -0.25) is 4.90 Å². The quantitative estimate of drug-likeness (QED) is 0.932. The first kappa shape index (κ1) is 16.3. The molecule has 1 atom stereocenters. The summed E-state index contributed by atoms with van der Waals surface area (Å²) in [5, 5.41) is 9.09. The van der Waals surface area contributed by atoms with Crippen molar-refractivity contribution in [1.82, 2.24) is 4.90 Å². The van der Waals surface area contributed by atoms with Gasteiger partial charge in [-0.05, 0) is 24.8 Å². The van der Waals surface area contributed by atoms with E-state index in [4.69, 9.17) is 9.84 Å². The predicted molar refractivity (Wildman–Crippen MR) is 75.9 cm³/mol. The van der Waals surface area contributed by atoms with Gasteiger partial charge in [-0.2, -0.15) is 0 Å². The Morgan fingerprint density at radius 3 is 2.60 bits per heavy atom. The molecule has 20 heavy (non-hydrogen) atoms. The van der Waals surface area contributed by atoms with E-state index in [1.807, 2.05) is 30.3 Å². The Bertz CT molecular complexity index is 452. The number of likely N-dealkylation sites (tertiary alicyclic amines) is 1. The number of carboxylic acid groups (broad SMARTS) is 1. The second-order valence-electron chi connectivity index (χ2n) is 4.58. The smallest absolute Gasteiger partial charge is 0.410 e. The van der Waals surface area contributed by atoms with Crippen LogP contribution < -0.4 is 0 Å². The monoisotopic (exact) mass is 299 g/mol. The normalized spacial score (nSPS) is 18.0. The van der Waals surface area contributed by atoms with Crippen molar-refractivity contribution in [2.75, 3.05) is 6.54 Å². The standard InChI is InChI=1S/C14H17NO4.ClH/c16-13(17)12-8-4-5-9-15(12)14(18)19-10-11-6-2-1-3-7-11;/h1-3,6-7,12H,4-5,8-10H2,(H,16,17);1H. The first-order valence-corrected chi connectivity index (χ1v) is 6.38.